The van der Waals surface area contributed by atoms with Gasteiger partial charge in [0.15, 0.2) is 0 Å². The van der Waals surface area contributed by atoms with Gasteiger partial charge < -0.3 is 19.5 Å². The fourth-order valence-corrected chi connectivity index (χ4v) is 9.17. The lowest BCUT2D eigenvalue weighted by Crippen LogP contribution is -2.27. The molecule has 1 N–H and O–H groups in total. The minimum atomic E-state index is -0.00375. The van der Waals surface area contributed by atoms with E-state index in [1.165, 1.54) is 141 Å². The Morgan fingerprint density at radius 1 is 0.577 bits per heavy atom. The lowest BCUT2D eigenvalue weighted by atomic mass is 9.67. The van der Waals surface area contributed by atoms with Crippen molar-refractivity contribution in [1.82, 2.24) is 4.90 Å². The molecule has 52 heavy (non-hydrogen) atoms. The quantitative estimate of drug-likeness (QED) is 0.0510. The molecule has 2 saturated carbocycles. The van der Waals surface area contributed by atoms with Gasteiger partial charge in [0.2, 0.25) is 0 Å². The fraction of sp³-hybridized carbons (Fsp3) is 0.957. The highest BCUT2D eigenvalue weighted by Crippen LogP contribution is 2.44. The normalized spacial score (nSPS) is 18.7. The summed E-state index contributed by atoms with van der Waals surface area (Å²) >= 11 is 0. The number of carbonyl (C=O) groups is 2. The Morgan fingerprint density at radius 2 is 1.10 bits per heavy atom. The second kappa shape index (κ2) is 33.2. The highest BCUT2D eigenvalue weighted by molar-refractivity contribution is 5.69. The molecule has 0 amide bonds. The molecule has 6 nitrogen and oxygen atoms in total. The maximum Gasteiger partial charge on any atom is 0.305 e. The number of unbranched alkanes of at least 4 members (excludes halogenated alkanes) is 14. The maximum atomic E-state index is 12.3. The summed E-state index contributed by atoms with van der Waals surface area (Å²) in [4.78, 5) is 27.1. The summed E-state index contributed by atoms with van der Waals surface area (Å²) in [6.45, 7) is 9.37. The second-order valence-corrected chi connectivity index (χ2v) is 17.1. The number of aliphatic hydroxyl groups excluding tert-OH is 1. The summed E-state index contributed by atoms with van der Waals surface area (Å²) in [5, 5.41) is 9.26. The molecule has 2 bridgehead atoms. The molecule has 2 rings (SSSR count). The topological polar surface area (TPSA) is 76.1 Å². The summed E-state index contributed by atoms with van der Waals surface area (Å²) in [6, 6.07) is 0. The average Bonchev–Trinajstić information content (AvgIpc) is 3.13. The lowest BCUT2D eigenvalue weighted by molar-refractivity contribution is -0.145. The van der Waals surface area contributed by atoms with Crippen molar-refractivity contribution in [3.63, 3.8) is 0 Å². The van der Waals surface area contributed by atoms with E-state index in [4.69, 9.17) is 9.47 Å². The third-order valence-electron chi connectivity index (χ3n) is 12.3. The van der Waals surface area contributed by atoms with Crippen molar-refractivity contribution in [2.45, 2.75) is 219 Å². The minimum Gasteiger partial charge on any atom is -0.466 e. The number of hydrogen-bond donors (Lipinski definition) is 1. The van der Waals surface area contributed by atoms with Gasteiger partial charge in [-0.2, -0.15) is 0 Å². The molecule has 6 heteroatoms. The van der Waals surface area contributed by atoms with E-state index in [0.717, 1.165) is 88.8 Å². The molecule has 0 radical (unpaired) electrons. The number of hydrogen-bond acceptors (Lipinski definition) is 6. The van der Waals surface area contributed by atoms with Gasteiger partial charge in [-0.1, -0.05) is 129 Å². The smallest absolute Gasteiger partial charge is 0.305 e. The summed E-state index contributed by atoms with van der Waals surface area (Å²) in [7, 11) is 0. The molecule has 2 aliphatic rings. The van der Waals surface area contributed by atoms with Crippen molar-refractivity contribution in [1.29, 1.82) is 0 Å². The Labute approximate surface area is 322 Å². The van der Waals surface area contributed by atoms with Crippen LogP contribution in [0.4, 0.5) is 0 Å². The molecule has 0 saturated heterocycles. The number of rotatable bonds is 36. The zero-order chi connectivity index (χ0) is 37.3. The van der Waals surface area contributed by atoms with E-state index in [1.54, 1.807) is 0 Å². The molecule has 2 aliphatic carbocycles. The molecule has 2 unspecified atom stereocenters. The van der Waals surface area contributed by atoms with E-state index in [1.807, 2.05) is 0 Å². The highest BCUT2D eigenvalue weighted by Gasteiger charge is 2.31. The molecule has 0 aliphatic heterocycles. The van der Waals surface area contributed by atoms with Gasteiger partial charge in [-0.15, -0.1) is 0 Å². The molecule has 2 atom stereocenters. The zero-order valence-corrected chi connectivity index (χ0v) is 34.7. The first-order valence-corrected chi connectivity index (χ1v) is 23.2. The fourth-order valence-electron chi connectivity index (χ4n) is 9.17. The summed E-state index contributed by atoms with van der Waals surface area (Å²) in [5.41, 5.74) is 0. The second-order valence-electron chi connectivity index (χ2n) is 17.1. The van der Waals surface area contributed by atoms with E-state index in [9.17, 15) is 14.7 Å². The molecular weight excluding hydrogens is 647 g/mol. The molecule has 0 heterocycles. The number of fused-ring (bicyclic) bond motifs is 2. The van der Waals surface area contributed by atoms with Gasteiger partial charge in [-0.25, -0.2) is 0 Å². The van der Waals surface area contributed by atoms with E-state index in [0.29, 0.717) is 32.0 Å². The van der Waals surface area contributed by atoms with Crippen molar-refractivity contribution in [2.75, 3.05) is 39.5 Å². The summed E-state index contributed by atoms with van der Waals surface area (Å²) in [5.74, 6) is 3.54. The van der Waals surface area contributed by atoms with Gasteiger partial charge in [0.05, 0.1) is 13.2 Å². The van der Waals surface area contributed by atoms with Crippen molar-refractivity contribution in [3.05, 3.63) is 0 Å². The van der Waals surface area contributed by atoms with Crippen LogP contribution in [0.1, 0.15) is 219 Å². The van der Waals surface area contributed by atoms with Gasteiger partial charge in [-0.3, -0.25) is 9.59 Å². The van der Waals surface area contributed by atoms with E-state index in [-0.39, 0.29) is 18.5 Å². The summed E-state index contributed by atoms with van der Waals surface area (Å²) < 4.78 is 11.2. The standard InChI is InChI=1S/C46H87NO5/c1-3-5-14-24-41(25-15-6-4-2)31-37-52-45(49)29-16-10-9-12-18-33-47(34-19-20-35-48)32-17-11-7-8-13-21-36-51-46(50)30-23-28-44-39-42-26-22-27-43(38-42)40-44/h41-44,48H,3-40H2,1-2H3. The third kappa shape index (κ3) is 25.8. The molecule has 306 valence electrons. The van der Waals surface area contributed by atoms with Crippen LogP contribution in [0.5, 0.6) is 0 Å². The Hall–Kier alpha value is -1.14. The molecule has 2 fully saturated rings. The van der Waals surface area contributed by atoms with Crippen LogP contribution < -0.4 is 0 Å². The van der Waals surface area contributed by atoms with Crippen molar-refractivity contribution in [2.24, 2.45) is 23.7 Å². The van der Waals surface area contributed by atoms with E-state index >= 15 is 0 Å². The molecule has 0 aromatic carbocycles. The third-order valence-corrected chi connectivity index (χ3v) is 12.3. The van der Waals surface area contributed by atoms with Crippen LogP contribution in [-0.4, -0.2) is 61.4 Å². The van der Waals surface area contributed by atoms with Gasteiger partial charge in [0.1, 0.15) is 0 Å². The lowest BCUT2D eigenvalue weighted by Gasteiger charge is -2.39. The van der Waals surface area contributed by atoms with Crippen LogP contribution in [-0.2, 0) is 19.1 Å². The van der Waals surface area contributed by atoms with Crippen LogP contribution in [0.3, 0.4) is 0 Å². The maximum absolute atomic E-state index is 12.3. The molecule has 0 spiro atoms. The minimum absolute atomic E-state index is 0.00375. The number of ether oxygens (including phenoxy) is 2. The van der Waals surface area contributed by atoms with Crippen molar-refractivity contribution >= 4 is 11.9 Å². The Kier molecular flexibility index (Phi) is 30.0. The van der Waals surface area contributed by atoms with E-state index in [2.05, 4.69) is 18.7 Å². The molecular formula is C46H87NO5. The van der Waals surface area contributed by atoms with Crippen LogP contribution in [0.2, 0.25) is 0 Å². The summed E-state index contributed by atoms with van der Waals surface area (Å²) in [6.07, 6.45) is 38.2. The van der Waals surface area contributed by atoms with Crippen LogP contribution >= 0.6 is 0 Å². The monoisotopic (exact) mass is 734 g/mol. The first-order chi connectivity index (χ1) is 25.5. The predicted octanol–water partition coefficient (Wildman–Crippen LogP) is 12.4. The first-order valence-electron chi connectivity index (χ1n) is 23.2. The van der Waals surface area contributed by atoms with E-state index < -0.39 is 0 Å². The molecule has 0 aromatic heterocycles. The Balaban J connectivity index is 1.42. The largest absolute Gasteiger partial charge is 0.466 e. The molecule has 0 aromatic rings. The highest BCUT2D eigenvalue weighted by atomic mass is 16.5. The van der Waals surface area contributed by atoms with Gasteiger partial charge in [0.25, 0.3) is 0 Å². The van der Waals surface area contributed by atoms with Gasteiger partial charge in [0, 0.05) is 19.4 Å². The Morgan fingerprint density at radius 3 is 1.69 bits per heavy atom. The SMILES string of the molecule is CCCCCC(CCCCC)CCOC(=O)CCCCCCCN(CCCCO)CCCCCCCCOC(=O)CCCC1CC2CCCC(C1)C2. The number of nitrogens with zero attached hydrogens (tertiary/aromatic N) is 1. The van der Waals surface area contributed by atoms with Crippen molar-refractivity contribution < 1.29 is 24.2 Å². The van der Waals surface area contributed by atoms with Crippen LogP contribution in [0.25, 0.3) is 0 Å². The Bertz CT molecular complexity index is 814. The first kappa shape index (κ1) is 47.0. The van der Waals surface area contributed by atoms with Crippen molar-refractivity contribution in [3.8, 4) is 0 Å². The van der Waals surface area contributed by atoms with Gasteiger partial charge in [-0.05, 0) is 120 Å². The number of aliphatic hydroxyl groups is 1. The van der Waals surface area contributed by atoms with Crippen LogP contribution in [0.15, 0.2) is 0 Å². The number of carbonyl (C=O) groups excluding carboxylic acids is 2. The predicted molar refractivity (Wildman–Crippen MR) is 218 cm³/mol. The zero-order valence-electron chi connectivity index (χ0n) is 34.7. The number of esters is 2. The van der Waals surface area contributed by atoms with Gasteiger partial charge >= 0.3 is 11.9 Å². The average molecular weight is 734 g/mol. The van der Waals surface area contributed by atoms with Crippen LogP contribution in [0, 0.1) is 23.7 Å².